The molecule has 1 aliphatic heterocycles. The molecule has 0 saturated carbocycles. The lowest BCUT2D eigenvalue weighted by Crippen LogP contribution is -2.32. The predicted octanol–water partition coefficient (Wildman–Crippen LogP) is 4.76. The number of rotatable bonds is 5. The van der Waals surface area contributed by atoms with Crippen molar-refractivity contribution in [3.63, 3.8) is 0 Å². The van der Waals surface area contributed by atoms with Crippen molar-refractivity contribution >= 4 is 29.1 Å². The molecule has 1 atom stereocenters. The molecule has 9 heteroatoms. The lowest BCUT2D eigenvalue weighted by atomic mass is 10.1. The van der Waals surface area contributed by atoms with Crippen LogP contribution in [0, 0.1) is 0 Å². The van der Waals surface area contributed by atoms with Crippen molar-refractivity contribution in [2.45, 2.75) is 45.1 Å². The van der Waals surface area contributed by atoms with E-state index < -0.39 is 0 Å². The van der Waals surface area contributed by atoms with Crippen LogP contribution in [0.3, 0.4) is 0 Å². The zero-order valence-electron chi connectivity index (χ0n) is 17.9. The molecule has 1 saturated heterocycles. The first kappa shape index (κ1) is 22.6. The van der Waals surface area contributed by atoms with Gasteiger partial charge in [0.1, 0.15) is 0 Å². The highest BCUT2D eigenvalue weighted by Gasteiger charge is 2.26. The fourth-order valence-corrected chi connectivity index (χ4v) is 4.45. The second-order valence-corrected chi connectivity index (χ2v) is 8.78. The molecule has 1 aromatic carbocycles. The number of aromatic nitrogens is 4. The van der Waals surface area contributed by atoms with Crippen LogP contribution in [0.5, 0.6) is 0 Å². The summed E-state index contributed by atoms with van der Waals surface area (Å²) in [6.07, 6.45) is 6.83. The summed E-state index contributed by atoms with van der Waals surface area (Å²) in [6, 6.07) is 8.69. The molecule has 0 aliphatic carbocycles. The summed E-state index contributed by atoms with van der Waals surface area (Å²) in [7, 11) is 0. The van der Waals surface area contributed by atoms with E-state index >= 15 is 0 Å². The van der Waals surface area contributed by atoms with Gasteiger partial charge in [-0.15, -0.1) is 5.10 Å². The van der Waals surface area contributed by atoms with Gasteiger partial charge in [0.2, 0.25) is 5.91 Å². The Kier molecular flexibility index (Phi) is 6.96. The highest BCUT2D eigenvalue weighted by Crippen LogP contribution is 2.29. The smallest absolute Gasteiger partial charge is 0.343 e. The normalized spacial score (nSPS) is 16.7. The highest BCUT2D eigenvalue weighted by molar-refractivity contribution is 6.33. The van der Waals surface area contributed by atoms with E-state index in [-0.39, 0.29) is 17.6 Å². The summed E-state index contributed by atoms with van der Waals surface area (Å²) in [5.74, 6) is 0.629. The molecule has 7 nitrogen and oxygen atoms in total. The Balaban J connectivity index is 1.75. The number of hydrogen-bond acceptors (Lipinski definition) is 4. The van der Waals surface area contributed by atoms with E-state index in [2.05, 4.69) is 4.98 Å². The van der Waals surface area contributed by atoms with Gasteiger partial charge in [-0.3, -0.25) is 9.78 Å². The van der Waals surface area contributed by atoms with Crippen molar-refractivity contribution in [3.8, 4) is 17.1 Å². The van der Waals surface area contributed by atoms with E-state index in [1.807, 2.05) is 11.8 Å². The molecule has 4 rings (SSSR count). The second kappa shape index (κ2) is 9.88. The number of likely N-dealkylation sites (tertiary alicyclic amines) is 1. The van der Waals surface area contributed by atoms with Crippen LogP contribution in [-0.4, -0.2) is 43.2 Å². The topological polar surface area (TPSA) is 73.0 Å². The monoisotopic (exact) mass is 473 g/mol. The Morgan fingerprint density at radius 1 is 1.12 bits per heavy atom. The Labute approximate surface area is 196 Å². The van der Waals surface area contributed by atoms with Crippen LogP contribution in [0.2, 0.25) is 10.0 Å². The molecule has 0 N–H and O–H groups in total. The van der Waals surface area contributed by atoms with Gasteiger partial charge >= 0.3 is 5.69 Å². The van der Waals surface area contributed by atoms with Crippen LogP contribution in [-0.2, 0) is 4.79 Å². The molecule has 168 valence electrons. The van der Waals surface area contributed by atoms with Crippen LogP contribution >= 0.6 is 23.2 Å². The van der Waals surface area contributed by atoms with E-state index in [1.54, 1.807) is 45.8 Å². The van der Waals surface area contributed by atoms with Gasteiger partial charge in [0.05, 0.1) is 16.8 Å². The largest absolute Gasteiger partial charge is 0.351 e. The van der Waals surface area contributed by atoms with E-state index in [0.29, 0.717) is 53.1 Å². The number of hydrogen-bond donors (Lipinski definition) is 0. The minimum absolute atomic E-state index is 0.102. The van der Waals surface area contributed by atoms with Crippen LogP contribution in [0.15, 0.2) is 47.5 Å². The lowest BCUT2D eigenvalue weighted by molar-refractivity contribution is -0.131. The number of pyridine rings is 1. The summed E-state index contributed by atoms with van der Waals surface area (Å²) in [5.41, 5.74) is 1.04. The van der Waals surface area contributed by atoms with Crippen LogP contribution in [0.1, 0.15) is 45.1 Å². The molecule has 1 fully saturated rings. The van der Waals surface area contributed by atoms with Gasteiger partial charge in [0.25, 0.3) is 0 Å². The number of amides is 1. The van der Waals surface area contributed by atoms with Crippen LogP contribution < -0.4 is 5.69 Å². The Morgan fingerprint density at radius 3 is 2.62 bits per heavy atom. The fourth-order valence-electron chi connectivity index (χ4n) is 4.12. The van der Waals surface area contributed by atoms with E-state index in [1.165, 1.54) is 6.20 Å². The zero-order chi connectivity index (χ0) is 22.7. The molecular formula is C23H25Cl2N5O2. The summed E-state index contributed by atoms with van der Waals surface area (Å²) in [5, 5.41) is 5.73. The maximum Gasteiger partial charge on any atom is 0.351 e. The number of halogens is 2. The number of carbonyl (C=O) groups excluding carboxylic acids is 1. The van der Waals surface area contributed by atoms with E-state index in [0.717, 1.165) is 19.3 Å². The first-order valence-electron chi connectivity index (χ1n) is 10.8. The quantitative estimate of drug-likeness (QED) is 0.535. The maximum absolute atomic E-state index is 13.6. The molecule has 3 aromatic rings. The summed E-state index contributed by atoms with van der Waals surface area (Å²) in [6.45, 7) is 3.34. The van der Waals surface area contributed by atoms with Gasteiger partial charge in [-0.25, -0.2) is 14.0 Å². The number of carbonyl (C=O) groups is 1. The molecule has 1 unspecified atom stereocenters. The summed E-state index contributed by atoms with van der Waals surface area (Å²) in [4.78, 5) is 31.9. The van der Waals surface area contributed by atoms with Crippen molar-refractivity contribution in [1.82, 2.24) is 24.2 Å². The minimum Gasteiger partial charge on any atom is -0.343 e. The Morgan fingerprint density at radius 2 is 1.91 bits per heavy atom. The average molecular weight is 474 g/mol. The molecule has 1 aliphatic rings. The standard InChI is InChI=1S/C23H25Cl2N5O2/c1-2-4-21(31)28-13-3-5-18(11-14-28)30-23(32)29(17-8-6-16(24)7-9-17)22(27-30)19-10-12-26-15-20(19)25/h6-10,12,15,18H,2-5,11,13-14H2,1H3. The number of nitrogens with zero attached hydrogens (tertiary/aromatic N) is 5. The predicted molar refractivity (Wildman–Crippen MR) is 125 cm³/mol. The molecule has 32 heavy (non-hydrogen) atoms. The van der Waals surface area contributed by atoms with Crippen molar-refractivity contribution in [2.75, 3.05) is 13.1 Å². The van der Waals surface area contributed by atoms with E-state index in [9.17, 15) is 9.59 Å². The maximum atomic E-state index is 13.6. The Bertz CT molecular complexity index is 1160. The minimum atomic E-state index is -0.242. The molecule has 0 radical (unpaired) electrons. The first-order valence-corrected chi connectivity index (χ1v) is 11.6. The van der Waals surface area contributed by atoms with E-state index in [4.69, 9.17) is 28.3 Å². The van der Waals surface area contributed by atoms with Gasteiger partial charge in [0, 0.05) is 42.5 Å². The fraction of sp³-hybridized carbons (Fsp3) is 0.391. The highest BCUT2D eigenvalue weighted by atomic mass is 35.5. The van der Waals surface area contributed by atoms with Gasteiger partial charge in [-0.2, -0.15) is 0 Å². The number of benzene rings is 1. The SMILES string of the molecule is CCCC(=O)N1CCCC(n2nc(-c3ccncc3Cl)n(-c3ccc(Cl)cc3)c2=O)CC1. The summed E-state index contributed by atoms with van der Waals surface area (Å²) >= 11 is 12.5. The molecular weight excluding hydrogens is 449 g/mol. The van der Waals surface area contributed by atoms with Gasteiger partial charge < -0.3 is 4.90 Å². The molecule has 0 bridgehead atoms. The molecule has 2 aromatic heterocycles. The summed E-state index contributed by atoms with van der Waals surface area (Å²) < 4.78 is 3.11. The third-order valence-corrected chi connectivity index (χ3v) is 6.31. The van der Waals surface area contributed by atoms with Crippen molar-refractivity contribution in [2.24, 2.45) is 0 Å². The molecule has 1 amide bonds. The third kappa shape index (κ3) is 4.59. The van der Waals surface area contributed by atoms with Crippen LogP contribution in [0.25, 0.3) is 17.1 Å². The first-order chi connectivity index (χ1) is 15.5. The van der Waals surface area contributed by atoms with Crippen molar-refractivity contribution in [3.05, 3.63) is 63.3 Å². The lowest BCUT2D eigenvalue weighted by Gasteiger charge is -2.20. The molecule has 0 spiro atoms. The van der Waals surface area contributed by atoms with Gasteiger partial charge in [-0.05, 0) is 56.0 Å². The Hall–Kier alpha value is -2.64. The zero-order valence-corrected chi connectivity index (χ0v) is 19.4. The second-order valence-electron chi connectivity index (χ2n) is 7.93. The van der Waals surface area contributed by atoms with Gasteiger partial charge in [0.15, 0.2) is 5.82 Å². The van der Waals surface area contributed by atoms with Gasteiger partial charge in [-0.1, -0.05) is 30.1 Å². The van der Waals surface area contributed by atoms with Crippen molar-refractivity contribution < 1.29 is 4.79 Å². The van der Waals surface area contributed by atoms with Crippen LogP contribution in [0.4, 0.5) is 0 Å². The average Bonchev–Trinajstić information content (AvgIpc) is 2.96. The molecule has 3 heterocycles. The van der Waals surface area contributed by atoms with Crippen molar-refractivity contribution in [1.29, 1.82) is 0 Å². The third-order valence-electron chi connectivity index (χ3n) is 5.76.